The number of unbranched alkanes of at least 4 members (excludes halogenated alkanes) is 2. The fourth-order valence-electron chi connectivity index (χ4n) is 1.95. The number of nitrogens with two attached hydrogens (primary N) is 1. The number of ether oxygens (including phenoxy) is 1. The van der Waals surface area contributed by atoms with Crippen molar-refractivity contribution in [1.29, 1.82) is 0 Å². The van der Waals surface area contributed by atoms with Gasteiger partial charge >= 0.3 is 5.97 Å². The summed E-state index contributed by atoms with van der Waals surface area (Å²) in [6.07, 6.45) is 8.41. The molecule has 0 aromatic heterocycles. The minimum atomic E-state index is -0.130. The van der Waals surface area contributed by atoms with Gasteiger partial charge < -0.3 is 10.5 Å². The van der Waals surface area contributed by atoms with Crippen molar-refractivity contribution in [3.05, 3.63) is 12.2 Å². The Labute approximate surface area is 104 Å². The third-order valence-electron chi connectivity index (χ3n) is 2.99. The molecule has 0 spiro atoms. The van der Waals surface area contributed by atoms with Gasteiger partial charge in [0.15, 0.2) is 0 Å². The molecule has 1 rings (SSSR count). The molecule has 1 atom stereocenters. The van der Waals surface area contributed by atoms with Crippen molar-refractivity contribution in [2.75, 3.05) is 26.2 Å². The first-order valence-corrected chi connectivity index (χ1v) is 6.54. The molecule has 0 fully saturated rings. The second-order valence-electron chi connectivity index (χ2n) is 4.42. The third kappa shape index (κ3) is 5.33. The largest absolute Gasteiger partial charge is 0.465 e. The van der Waals surface area contributed by atoms with E-state index in [4.69, 9.17) is 10.5 Å². The third-order valence-corrected chi connectivity index (χ3v) is 2.99. The van der Waals surface area contributed by atoms with Gasteiger partial charge in [-0.25, -0.2) is 0 Å². The Hall–Kier alpha value is -0.870. The topological polar surface area (TPSA) is 55.6 Å². The highest BCUT2D eigenvalue weighted by atomic mass is 16.5. The summed E-state index contributed by atoms with van der Waals surface area (Å²) in [5.74, 6) is -0.130. The van der Waals surface area contributed by atoms with Gasteiger partial charge in [0.05, 0.1) is 13.2 Å². The lowest BCUT2D eigenvalue weighted by Crippen LogP contribution is -2.44. The summed E-state index contributed by atoms with van der Waals surface area (Å²) in [7, 11) is 0. The van der Waals surface area contributed by atoms with Crippen LogP contribution in [-0.4, -0.2) is 43.2 Å². The van der Waals surface area contributed by atoms with Gasteiger partial charge in [0.2, 0.25) is 0 Å². The monoisotopic (exact) mass is 240 g/mol. The molecule has 1 aliphatic rings. The number of nitrogens with zero attached hydrogens (tertiary/aromatic N) is 1. The number of esters is 1. The smallest absolute Gasteiger partial charge is 0.320 e. The predicted molar refractivity (Wildman–Crippen MR) is 68.7 cm³/mol. The average Bonchev–Trinajstić information content (AvgIpc) is 2.35. The number of carbonyl (C=O) groups excluding carboxylic acids is 1. The van der Waals surface area contributed by atoms with Crippen LogP contribution in [0.2, 0.25) is 0 Å². The molecule has 0 aromatic carbocycles. The van der Waals surface area contributed by atoms with Gasteiger partial charge in [-0.3, -0.25) is 9.69 Å². The lowest BCUT2D eigenvalue weighted by molar-refractivity contribution is -0.145. The zero-order valence-electron chi connectivity index (χ0n) is 10.7. The Kier molecular flexibility index (Phi) is 6.89. The van der Waals surface area contributed by atoms with Gasteiger partial charge in [-0.2, -0.15) is 0 Å². The van der Waals surface area contributed by atoms with Crippen molar-refractivity contribution in [2.45, 2.75) is 38.6 Å². The van der Waals surface area contributed by atoms with Gasteiger partial charge in [-0.1, -0.05) is 31.9 Å². The van der Waals surface area contributed by atoms with Crippen LogP contribution >= 0.6 is 0 Å². The van der Waals surface area contributed by atoms with E-state index >= 15 is 0 Å². The number of rotatable bonds is 7. The van der Waals surface area contributed by atoms with E-state index in [0.717, 1.165) is 32.2 Å². The van der Waals surface area contributed by atoms with Crippen LogP contribution < -0.4 is 5.73 Å². The molecule has 0 aliphatic carbocycles. The summed E-state index contributed by atoms with van der Waals surface area (Å²) in [6, 6.07) is 0.187. The minimum absolute atomic E-state index is 0.130. The van der Waals surface area contributed by atoms with E-state index in [1.165, 1.54) is 0 Å². The lowest BCUT2D eigenvalue weighted by atomic mass is 10.1. The maximum absolute atomic E-state index is 11.6. The second kappa shape index (κ2) is 8.25. The molecule has 0 saturated carbocycles. The van der Waals surface area contributed by atoms with Crippen molar-refractivity contribution in [3.8, 4) is 0 Å². The quantitative estimate of drug-likeness (QED) is 0.414. The molecule has 98 valence electrons. The summed E-state index contributed by atoms with van der Waals surface area (Å²) in [6.45, 7) is 4.48. The number of hydrogen-bond acceptors (Lipinski definition) is 4. The first-order chi connectivity index (χ1) is 8.27. The maximum atomic E-state index is 11.6. The molecule has 1 heterocycles. The fourth-order valence-corrected chi connectivity index (χ4v) is 1.95. The van der Waals surface area contributed by atoms with Crippen LogP contribution in [0, 0.1) is 0 Å². The summed E-state index contributed by atoms with van der Waals surface area (Å²) in [5.41, 5.74) is 5.66. The van der Waals surface area contributed by atoms with Crippen LogP contribution in [0.1, 0.15) is 32.6 Å². The van der Waals surface area contributed by atoms with Crippen LogP contribution in [0.5, 0.6) is 0 Å². The standard InChI is InChI=1S/C13H24N2O2/c1-2-3-6-9-17-13(16)11-15-8-5-4-7-12(15)10-14/h4,7,12H,2-3,5-6,8-11,14H2,1H3. The Morgan fingerprint density at radius 2 is 2.35 bits per heavy atom. The van der Waals surface area contributed by atoms with E-state index in [0.29, 0.717) is 19.7 Å². The molecule has 2 N–H and O–H groups in total. The number of carbonyl (C=O) groups is 1. The Morgan fingerprint density at radius 3 is 3.06 bits per heavy atom. The summed E-state index contributed by atoms with van der Waals surface area (Å²) in [4.78, 5) is 13.7. The Morgan fingerprint density at radius 1 is 1.53 bits per heavy atom. The van der Waals surface area contributed by atoms with Gasteiger partial charge in [-0.05, 0) is 12.8 Å². The molecule has 0 saturated heterocycles. The molecule has 0 radical (unpaired) electrons. The van der Waals surface area contributed by atoms with Crippen LogP contribution in [0.4, 0.5) is 0 Å². The molecule has 4 heteroatoms. The molecule has 0 bridgehead atoms. The van der Waals surface area contributed by atoms with E-state index in [1.807, 2.05) is 0 Å². The molecule has 1 unspecified atom stereocenters. The Bertz CT molecular complexity index is 254. The van der Waals surface area contributed by atoms with Crippen LogP contribution in [0.15, 0.2) is 12.2 Å². The lowest BCUT2D eigenvalue weighted by Gasteiger charge is -2.30. The zero-order chi connectivity index (χ0) is 12.5. The van der Waals surface area contributed by atoms with E-state index in [1.54, 1.807) is 0 Å². The summed E-state index contributed by atoms with van der Waals surface area (Å²) < 4.78 is 5.19. The van der Waals surface area contributed by atoms with Gasteiger partial charge in [0, 0.05) is 19.1 Å². The highest BCUT2D eigenvalue weighted by molar-refractivity contribution is 5.71. The Balaban J connectivity index is 2.22. The van der Waals surface area contributed by atoms with E-state index in [-0.39, 0.29) is 12.0 Å². The predicted octanol–water partition coefficient (Wildman–Crippen LogP) is 1.31. The van der Waals surface area contributed by atoms with Crippen molar-refractivity contribution in [3.63, 3.8) is 0 Å². The van der Waals surface area contributed by atoms with Crippen molar-refractivity contribution in [2.24, 2.45) is 5.73 Å². The van der Waals surface area contributed by atoms with Gasteiger partial charge in [0.25, 0.3) is 0 Å². The zero-order valence-corrected chi connectivity index (χ0v) is 10.7. The van der Waals surface area contributed by atoms with Gasteiger partial charge in [0.1, 0.15) is 0 Å². The summed E-state index contributed by atoms with van der Waals surface area (Å²) >= 11 is 0. The van der Waals surface area contributed by atoms with Crippen molar-refractivity contribution < 1.29 is 9.53 Å². The SMILES string of the molecule is CCCCCOC(=O)CN1CCC=CC1CN. The van der Waals surface area contributed by atoms with E-state index < -0.39 is 0 Å². The van der Waals surface area contributed by atoms with Crippen LogP contribution in [0.3, 0.4) is 0 Å². The van der Waals surface area contributed by atoms with Crippen LogP contribution in [0.25, 0.3) is 0 Å². The minimum Gasteiger partial charge on any atom is -0.465 e. The number of hydrogen-bond donors (Lipinski definition) is 1. The molecular weight excluding hydrogens is 216 g/mol. The molecule has 0 amide bonds. The second-order valence-corrected chi connectivity index (χ2v) is 4.42. The van der Waals surface area contributed by atoms with Crippen molar-refractivity contribution in [1.82, 2.24) is 4.90 Å². The fraction of sp³-hybridized carbons (Fsp3) is 0.769. The maximum Gasteiger partial charge on any atom is 0.320 e. The first-order valence-electron chi connectivity index (χ1n) is 6.54. The molecule has 17 heavy (non-hydrogen) atoms. The first kappa shape index (κ1) is 14.2. The summed E-state index contributed by atoms with van der Waals surface area (Å²) in [5, 5.41) is 0. The van der Waals surface area contributed by atoms with E-state index in [2.05, 4.69) is 24.0 Å². The van der Waals surface area contributed by atoms with Gasteiger partial charge in [-0.15, -0.1) is 0 Å². The highest BCUT2D eigenvalue weighted by Gasteiger charge is 2.20. The van der Waals surface area contributed by atoms with Crippen molar-refractivity contribution >= 4 is 5.97 Å². The van der Waals surface area contributed by atoms with Crippen LogP contribution in [-0.2, 0) is 9.53 Å². The molecular formula is C13H24N2O2. The normalized spacial score (nSPS) is 20.5. The highest BCUT2D eigenvalue weighted by Crippen LogP contribution is 2.08. The molecule has 4 nitrogen and oxygen atoms in total. The van der Waals surface area contributed by atoms with E-state index in [9.17, 15) is 4.79 Å². The molecule has 0 aromatic rings. The molecule has 1 aliphatic heterocycles. The average molecular weight is 240 g/mol.